The van der Waals surface area contributed by atoms with Gasteiger partial charge in [-0.3, -0.25) is 14.9 Å². The minimum absolute atomic E-state index is 0.108. The zero-order valence-corrected chi connectivity index (χ0v) is 15.6. The van der Waals surface area contributed by atoms with Gasteiger partial charge in [0.25, 0.3) is 11.6 Å². The van der Waals surface area contributed by atoms with Crippen molar-refractivity contribution in [3.8, 4) is 5.75 Å². The molecule has 0 atom stereocenters. The predicted molar refractivity (Wildman–Crippen MR) is 103 cm³/mol. The van der Waals surface area contributed by atoms with E-state index in [4.69, 9.17) is 4.74 Å². The maximum absolute atomic E-state index is 12.5. The molecule has 7 heteroatoms. The van der Waals surface area contributed by atoms with Crippen molar-refractivity contribution in [1.82, 2.24) is 0 Å². The fourth-order valence-electron chi connectivity index (χ4n) is 2.85. The molecule has 1 saturated carbocycles. The number of ether oxygens (including phenoxy) is 1. The molecule has 25 heavy (non-hydrogen) atoms. The van der Waals surface area contributed by atoms with Gasteiger partial charge in [0.1, 0.15) is 5.75 Å². The Morgan fingerprint density at radius 3 is 2.68 bits per heavy atom. The molecule has 1 fully saturated rings. The number of non-ortho nitro benzene ring substituents is 1. The van der Waals surface area contributed by atoms with Gasteiger partial charge < -0.3 is 10.1 Å². The Morgan fingerprint density at radius 2 is 1.96 bits per heavy atom. The number of benzene rings is 2. The molecule has 0 heterocycles. The molecule has 2 aromatic rings. The largest absolute Gasteiger partial charge is 0.490 e. The molecule has 1 aliphatic carbocycles. The number of nitro groups is 1. The number of anilines is 1. The maximum atomic E-state index is 12.5. The molecule has 0 unspecified atom stereocenters. The molecule has 0 aliphatic heterocycles. The van der Waals surface area contributed by atoms with Crippen LogP contribution in [0.1, 0.15) is 36.0 Å². The molecule has 1 N–H and O–H groups in total. The summed E-state index contributed by atoms with van der Waals surface area (Å²) in [6.07, 6.45) is 4.73. The van der Waals surface area contributed by atoms with Gasteiger partial charge in [-0.1, -0.05) is 6.07 Å². The number of hydrogen-bond acceptors (Lipinski definition) is 4. The van der Waals surface area contributed by atoms with E-state index in [1.165, 1.54) is 25.0 Å². The summed E-state index contributed by atoms with van der Waals surface area (Å²) >= 11 is 1.99. The molecule has 0 spiro atoms. The number of halogens is 1. The normalized spacial score (nSPS) is 14.3. The zero-order chi connectivity index (χ0) is 17.8. The fraction of sp³-hybridized carbons (Fsp3) is 0.278. The van der Waals surface area contributed by atoms with Gasteiger partial charge in [-0.05, 0) is 66.5 Å². The summed E-state index contributed by atoms with van der Waals surface area (Å²) in [6.45, 7) is 0. The second-order valence-electron chi connectivity index (χ2n) is 5.93. The molecule has 0 aromatic heterocycles. The summed E-state index contributed by atoms with van der Waals surface area (Å²) in [5, 5.41) is 13.7. The molecule has 1 aliphatic rings. The van der Waals surface area contributed by atoms with Crippen LogP contribution in [0.4, 0.5) is 11.4 Å². The Bertz CT molecular complexity index is 803. The number of carbonyl (C=O) groups is 1. The minimum Gasteiger partial charge on any atom is -0.490 e. The summed E-state index contributed by atoms with van der Waals surface area (Å²) < 4.78 is 6.59. The van der Waals surface area contributed by atoms with E-state index in [0.717, 1.165) is 18.6 Å². The van der Waals surface area contributed by atoms with Crippen LogP contribution < -0.4 is 10.1 Å². The Labute approximate surface area is 158 Å². The van der Waals surface area contributed by atoms with Gasteiger partial charge in [0.15, 0.2) is 0 Å². The molecule has 6 nitrogen and oxygen atoms in total. The van der Waals surface area contributed by atoms with E-state index in [-0.39, 0.29) is 23.3 Å². The topological polar surface area (TPSA) is 81.5 Å². The smallest absolute Gasteiger partial charge is 0.270 e. The van der Waals surface area contributed by atoms with Crippen molar-refractivity contribution in [2.24, 2.45) is 0 Å². The van der Waals surface area contributed by atoms with Crippen LogP contribution in [0.25, 0.3) is 0 Å². The lowest BCUT2D eigenvalue weighted by Crippen LogP contribution is -2.14. The van der Waals surface area contributed by atoms with Crippen LogP contribution in [0.2, 0.25) is 0 Å². The Morgan fingerprint density at radius 1 is 1.20 bits per heavy atom. The van der Waals surface area contributed by atoms with Crippen LogP contribution in [0.15, 0.2) is 42.5 Å². The van der Waals surface area contributed by atoms with Gasteiger partial charge >= 0.3 is 0 Å². The summed E-state index contributed by atoms with van der Waals surface area (Å²) in [7, 11) is 0. The van der Waals surface area contributed by atoms with E-state index in [9.17, 15) is 14.9 Å². The first kappa shape index (κ1) is 17.7. The standard InChI is InChI=1S/C18H17IN2O4/c19-17-9-8-13(21(23)24)11-16(17)18(22)20-12-4-3-7-15(10-12)25-14-5-1-2-6-14/h3-4,7-11,14H,1-2,5-6H2,(H,20,22). The number of nitro benzene ring substituents is 1. The lowest BCUT2D eigenvalue weighted by atomic mass is 10.2. The first-order valence-corrected chi connectivity index (χ1v) is 9.13. The van der Waals surface area contributed by atoms with Gasteiger partial charge in [0, 0.05) is 27.5 Å². The van der Waals surface area contributed by atoms with E-state index in [1.807, 2.05) is 34.7 Å². The van der Waals surface area contributed by atoms with E-state index in [2.05, 4.69) is 5.32 Å². The average molecular weight is 452 g/mol. The molecule has 1 amide bonds. The number of carbonyl (C=O) groups excluding carboxylic acids is 1. The van der Waals surface area contributed by atoms with Crippen molar-refractivity contribution >= 4 is 39.9 Å². The molecule has 130 valence electrons. The third-order valence-corrected chi connectivity index (χ3v) is 5.04. The van der Waals surface area contributed by atoms with Crippen LogP contribution in [0.5, 0.6) is 5.75 Å². The average Bonchev–Trinajstić information content (AvgIpc) is 3.08. The highest BCUT2D eigenvalue weighted by Crippen LogP contribution is 2.26. The van der Waals surface area contributed by atoms with Gasteiger partial charge in [0.05, 0.1) is 16.6 Å². The minimum atomic E-state index is -0.511. The molecule has 0 saturated heterocycles. The molecule has 3 rings (SSSR count). The van der Waals surface area contributed by atoms with Crippen LogP contribution >= 0.6 is 22.6 Å². The highest BCUT2D eigenvalue weighted by atomic mass is 127. The second-order valence-corrected chi connectivity index (χ2v) is 7.09. The first-order chi connectivity index (χ1) is 12.0. The van der Waals surface area contributed by atoms with E-state index >= 15 is 0 Å². The first-order valence-electron chi connectivity index (χ1n) is 8.05. The predicted octanol–water partition coefficient (Wildman–Crippen LogP) is 4.77. The molecular weight excluding hydrogens is 435 g/mol. The number of amides is 1. The van der Waals surface area contributed by atoms with Crippen LogP contribution in [-0.2, 0) is 0 Å². The number of nitrogens with one attached hydrogen (secondary N) is 1. The van der Waals surface area contributed by atoms with Gasteiger partial charge in [-0.2, -0.15) is 0 Å². The summed E-state index contributed by atoms with van der Waals surface area (Å²) in [5.74, 6) is 0.338. The molecule has 2 aromatic carbocycles. The second kappa shape index (κ2) is 7.81. The van der Waals surface area contributed by atoms with Crippen LogP contribution in [0.3, 0.4) is 0 Å². The third-order valence-electron chi connectivity index (χ3n) is 4.10. The number of hydrogen-bond donors (Lipinski definition) is 1. The highest BCUT2D eigenvalue weighted by molar-refractivity contribution is 14.1. The maximum Gasteiger partial charge on any atom is 0.270 e. The van der Waals surface area contributed by atoms with Gasteiger partial charge in [-0.15, -0.1) is 0 Å². The molecule has 0 radical (unpaired) electrons. The number of rotatable bonds is 5. The SMILES string of the molecule is O=C(Nc1cccc(OC2CCCC2)c1)c1cc([N+](=O)[O-])ccc1I. The molecular formula is C18H17IN2O4. The van der Waals surface area contributed by atoms with Crippen molar-refractivity contribution in [2.45, 2.75) is 31.8 Å². The third kappa shape index (κ3) is 4.47. The lowest BCUT2D eigenvalue weighted by molar-refractivity contribution is -0.384. The van der Waals surface area contributed by atoms with Crippen molar-refractivity contribution < 1.29 is 14.5 Å². The monoisotopic (exact) mass is 452 g/mol. The summed E-state index contributed by atoms with van der Waals surface area (Å²) in [6, 6.07) is 11.5. The Hall–Kier alpha value is -2.16. The quantitative estimate of drug-likeness (QED) is 0.403. The van der Waals surface area contributed by atoms with Crippen molar-refractivity contribution in [2.75, 3.05) is 5.32 Å². The Kier molecular flexibility index (Phi) is 5.52. The van der Waals surface area contributed by atoms with Crippen molar-refractivity contribution in [3.63, 3.8) is 0 Å². The van der Waals surface area contributed by atoms with Gasteiger partial charge in [-0.25, -0.2) is 0 Å². The lowest BCUT2D eigenvalue weighted by Gasteiger charge is -2.14. The Balaban J connectivity index is 1.74. The van der Waals surface area contributed by atoms with E-state index < -0.39 is 4.92 Å². The summed E-state index contributed by atoms with van der Waals surface area (Å²) in [5.41, 5.74) is 0.767. The van der Waals surface area contributed by atoms with Crippen LogP contribution in [-0.4, -0.2) is 16.9 Å². The highest BCUT2D eigenvalue weighted by Gasteiger charge is 2.18. The van der Waals surface area contributed by atoms with Crippen molar-refractivity contribution in [3.05, 3.63) is 61.7 Å². The van der Waals surface area contributed by atoms with E-state index in [0.29, 0.717) is 9.26 Å². The van der Waals surface area contributed by atoms with Crippen LogP contribution in [0, 0.1) is 13.7 Å². The zero-order valence-electron chi connectivity index (χ0n) is 13.4. The summed E-state index contributed by atoms with van der Waals surface area (Å²) in [4.78, 5) is 22.9. The van der Waals surface area contributed by atoms with E-state index in [1.54, 1.807) is 18.2 Å². The number of nitrogens with zero attached hydrogens (tertiary/aromatic N) is 1. The molecule has 0 bridgehead atoms. The van der Waals surface area contributed by atoms with Gasteiger partial charge in [0.2, 0.25) is 0 Å². The fourth-order valence-corrected chi connectivity index (χ4v) is 3.43. The van der Waals surface area contributed by atoms with Crippen molar-refractivity contribution in [1.29, 1.82) is 0 Å².